The van der Waals surface area contributed by atoms with Crippen molar-refractivity contribution in [2.24, 2.45) is 17.6 Å². The number of rotatable bonds is 0. The highest BCUT2D eigenvalue weighted by molar-refractivity contribution is 4.86. The summed E-state index contributed by atoms with van der Waals surface area (Å²) in [6, 6.07) is 0.537. The van der Waals surface area contributed by atoms with Crippen molar-refractivity contribution in [3.8, 4) is 0 Å². The van der Waals surface area contributed by atoms with E-state index >= 15 is 0 Å². The molecule has 0 amide bonds. The van der Waals surface area contributed by atoms with Crippen LogP contribution >= 0.6 is 0 Å². The highest BCUT2D eigenvalue weighted by atomic mass is 14.6. The molecule has 0 aromatic rings. The SMILES string of the molecule is NC1CCCC2CCC2C1. The zero-order valence-electron chi connectivity index (χ0n) is 6.55. The molecule has 0 aromatic carbocycles. The summed E-state index contributed by atoms with van der Waals surface area (Å²) < 4.78 is 0. The summed E-state index contributed by atoms with van der Waals surface area (Å²) in [7, 11) is 0. The number of hydrogen-bond donors (Lipinski definition) is 1. The first-order valence-corrected chi connectivity index (χ1v) is 4.62. The van der Waals surface area contributed by atoms with Crippen LogP contribution in [-0.2, 0) is 0 Å². The van der Waals surface area contributed by atoms with E-state index in [1.54, 1.807) is 0 Å². The largest absolute Gasteiger partial charge is 0.328 e. The smallest absolute Gasteiger partial charge is 0.00415 e. The highest BCUT2D eigenvalue weighted by Gasteiger charge is 2.33. The summed E-state index contributed by atoms with van der Waals surface area (Å²) in [5.41, 5.74) is 5.92. The molecular formula is C9H17N. The number of hydrogen-bond acceptors (Lipinski definition) is 1. The Labute approximate surface area is 63.0 Å². The number of nitrogens with two attached hydrogens (primary N) is 1. The lowest BCUT2D eigenvalue weighted by Gasteiger charge is -2.35. The lowest BCUT2D eigenvalue weighted by Crippen LogP contribution is -2.29. The third kappa shape index (κ3) is 1.07. The Kier molecular flexibility index (Phi) is 1.69. The first-order valence-electron chi connectivity index (χ1n) is 4.62. The van der Waals surface area contributed by atoms with Gasteiger partial charge in [-0.3, -0.25) is 0 Å². The van der Waals surface area contributed by atoms with Crippen molar-refractivity contribution in [2.45, 2.75) is 44.6 Å². The van der Waals surface area contributed by atoms with E-state index in [0.717, 1.165) is 11.8 Å². The maximum Gasteiger partial charge on any atom is 0.00415 e. The van der Waals surface area contributed by atoms with Crippen molar-refractivity contribution in [1.82, 2.24) is 0 Å². The van der Waals surface area contributed by atoms with E-state index in [-0.39, 0.29) is 0 Å². The molecule has 0 radical (unpaired) electrons. The molecule has 1 nitrogen and oxygen atoms in total. The van der Waals surface area contributed by atoms with Gasteiger partial charge >= 0.3 is 0 Å². The second kappa shape index (κ2) is 2.54. The van der Waals surface area contributed by atoms with E-state index in [1.165, 1.54) is 38.5 Å². The van der Waals surface area contributed by atoms with Gasteiger partial charge in [-0.25, -0.2) is 0 Å². The maximum atomic E-state index is 5.92. The molecule has 2 saturated carbocycles. The van der Waals surface area contributed by atoms with E-state index < -0.39 is 0 Å². The lowest BCUT2D eigenvalue weighted by atomic mass is 9.71. The van der Waals surface area contributed by atoms with Gasteiger partial charge in [0, 0.05) is 6.04 Å². The van der Waals surface area contributed by atoms with E-state index in [9.17, 15) is 0 Å². The van der Waals surface area contributed by atoms with Gasteiger partial charge in [0.15, 0.2) is 0 Å². The summed E-state index contributed by atoms with van der Waals surface area (Å²) >= 11 is 0. The molecule has 2 fully saturated rings. The van der Waals surface area contributed by atoms with Crippen LogP contribution in [0.5, 0.6) is 0 Å². The second-order valence-electron chi connectivity index (χ2n) is 4.02. The van der Waals surface area contributed by atoms with Crippen molar-refractivity contribution in [3.63, 3.8) is 0 Å². The summed E-state index contributed by atoms with van der Waals surface area (Å²) in [6.07, 6.45) is 8.44. The van der Waals surface area contributed by atoms with Crippen LogP contribution in [0, 0.1) is 11.8 Å². The van der Waals surface area contributed by atoms with Gasteiger partial charge in [0.2, 0.25) is 0 Å². The van der Waals surface area contributed by atoms with Crippen LogP contribution in [0.3, 0.4) is 0 Å². The molecule has 3 atom stereocenters. The van der Waals surface area contributed by atoms with Gasteiger partial charge in [-0.05, 0) is 37.5 Å². The fourth-order valence-electron chi connectivity index (χ4n) is 2.48. The van der Waals surface area contributed by atoms with Gasteiger partial charge in [-0.2, -0.15) is 0 Å². The zero-order chi connectivity index (χ0) is 6.97. The minimum absolute atomic E-state index is 0.537. The topological polar surface area (TPSA) is 26.0 Å². The molecule has 3 unspecified atom stereocenters. The number of fused-ring (bicyclic) bond motifs is 1. The molecule has 0 heterocycles. The molecule has 1 heteroatoms. The van der Waals surface area contributed by atoms with Gasteiger partial charge in [0.25, 0.3) is 0 Å². The Balaban J connectivity index is 1.93. The van der Waals surface area contributed by atoms with Crippen LogP contribution in [0.25, 0.3) is 0 Å². The Morgan fingerprint density at radius 2 is 1.70 bits per heavy atom. The lowest BCUT2D eigenvalue weighted by molar-refractivity contribution is 0.161. The van der Waals surface area contributed by atoms with E-state index in [2.05, 4.69) is 0 Å². The normalized spacial score (nSPS) is 47.1. The van der Waals surface area contributed by atoms with E-state index in [1.807, 2.05) is 0 Å². The van der Waals surface area contributed by atoms with Crippen LogP contribution in [0.1, 0.15) is 38.5 Å². The minimum atomic E-state index is 0.537. The third-order valence-corrected chi connectivity index (χ3v) is 3.33. The monoisotopic (exact) mass is 139 g/mol. The minimum Gasteiger partial charge on any atom is -0.328 e. The summed E-state index contributed by atoms with van der Waals surface area (Å²) in [5, 5.41) is 0. The average molecular weight is 139 g/mol. The van der Waals surface area contributed by atoms with E-state index in [4.69, 9.17) is 5.73 Å². The third-order valence-electron chi connectivity index (χ3n) is 3.33. The molecule has 2 rings (SSSR count). The molecule has 10 heavy (non-hydrogen) atoms. The molecular weight excluding hydrogens is 122 g/mol. The van der Waals surface area contributed by atoms with Gasteiger partial charge in [-0.1, -0.05) is 12.8 Å². The molecule has 2 N–H and O–H groups in total. The fourth-order valence-corrected chi connectivity index (χ4v) is 2.48. The maximum absolute atomic E-state index is 5.92. The molecule has 2 aliphatic rings. The molecule has 58 valence electrons. The van der Waals surface area contributed by atoms with Crippen molar-refractivity contribution < 1.29 is 0 Å². The van der Waals surface area contributed by atoms with Crippen molar-refractivity contribution in [1.29, 1.82) is 0 Å². The molecule has 0 saturated heterocycles. The standard InChI is InChI=1S/C9H17N/c10-9-3-1-2-7-4-5-8(7)6-9/h7-9H,1-6,10H2. The Morgan fingerprint density at radius 3 is 2.40 bits per heavy atom. The van der Waals surface area contributed by atoms with Gasteiger partial charge in [0.05, 0.1) is 0 Å². The van der Waals surface area contributed by atoms with Crippen LogP contribution in [0.15, 0.2) is 0 Å². The average Bonchev–Trinajstić information content (AvgIpc) is 1.99. The molecule has 0 bridgehead atoms. The van der Waals surface area contributed by atoms with E-state index in [0.29, 0.717) is 6.04 Å². The summed E-state index contributed by atoms with van der Waals surface area (Å²) in [5.74, 6) is 2.10. The van der Waals surface area contributed by atoms with Crippen LogP contribution in [-0.4, -0.2) is 6.04 Å². The van der Waals surface area contributed by atoms with Gasteiger partial charge in [-0.15, -0.1) is 0 Å². The molecule has 0 spiro atoms. The molecule has 0 aliphatic heterocycles. The van der Waals surface area contributed by atoms with Crippen LogP contribution in [0.2, 0.25) is 0 Å². The summed E-state index contributed by atoms with van der Waals surface area (Å²) in [6.45, 7) is 0. The first-order chi connectivity index (χ1) is 4.86. The Bertz CT molecular complexity index is 122. The fraction of sp³-hybridized carbons (Fsp3) is 1.00. The molecule has 2 aliphatic carbocycles. The first kappa shape index (κ1) is 6.66. The van der Waals surface area contributed by atoms with Gasteiger partial charge < -0.3 is 5.73 Å². The van der Waals surface area contributed by atoms with Crippen molar-refractivity contribution in [3.05, 3.63) is 0 Å². The Hall–Kier alpha value is -0.0400. The van der Waals surface area contributed by atoms with Crippen molar-refractivity contribution in [2.75, 3.05) is 0 Å². The van der Waals surface area contributed by atoms with Gasteiger partial charge in [0.1, 0.15) is 0 Å². The zero-order valence-corrected chi connectivity index (χ0v) is 6.55. The molecule has 0 aromatic heterocycles. The van der Waals surface area contributed by atoms with Crippen LogP contribution < -0.4 is 5.73 Å². The predicted molar refractivity (Wildman–Crippen MR) is 42.7 cm³/mol. The second-order valence-corrected chi connectivity index (χ2v) is 4.02. The van der Waals surface area contributed by atoms with Crippen molar-refractivity contribution >= 4 is 0 Å². The van der Waals surface area contributed by atoms with Crippen LogP contribution in [0.4, 0.5) is 0 Å². The highest BCUT2D eigenvalue weighted by Crippen LogP contribution is 2.42. The quantitative estimate of drug-likeness (QED) is 0.545. The Morgan fingerprint density at radius 1 is 0.900 bits per heavy atom. The summed E-state index contributed by atoms with van der Waals surface area (Å²) in [4.78, 5) is 0. The predicted octanol–water partition coefficient (Wildman–Crippen LogP) is 1.91.